The van der Waals surface area contributed by atoms with E-state index >= 15 is 0 Å². The summed E-state index contributed by atoms with van der Waals surface area (Å²) < 4.78 is 10.8. The summed E-state index contributed by atoms with van der Waals surface area (Å²) in [5.41, 5.74) is 0.795. The average molecular weight is 384 g/mol. The fourth-order valence-corrected chi connectivity index (χ4v) is 3.54. The van der Waals surface area contributed by atoms with Crippen molar-refractivity contribution in [3.05, 3.63) is 63.2 Å². The zero-order chi connectivity index (χ0) is 19.8. The van der Waals surface area contributed by atoms with Gasteiger partial charge in [-0.1, -0.05) is 24.3 Å². The minimum Gasteiger partial charge on any atom is -0.486 e. The Morgan fingerprint density at radius 1 is 1.14 bits per heavy atom. The Kier molecular flexibility index (Phi) is 4.34. The van der Waals surface area contributed by atoms with E-state index in [0.29, 0.717) is 11.1 Å². The highest BCUT2D eigenvalue weighted by Crippen LogP contribution is 2.38. The molecule has 2 aromatic rings. The molecule has 0 aliphatic carbocycles. The predicted molar refractivity (Wildman–Crippen MR) is 95.6 cm³/mol. The molecule has 2 aliphatic heterocycles. The Labute approximate surface area is 159 Å². The normalized spacial score (nSPS) is 17.6. The zero-order valence-electron chi connectivity index (χ0n) is 14.7. The highest BCUT2D eigenvalue weighted by atomic mass is 16.6. The number of rotatable bonds is 3. The van der Waals surface area contributed by atoms with Crippen LogP contribution in [-0.2, 0) is 11.3 Å². The first-order valence-corrected chi connectivity index (χ1v) is 8.63. The fraction of sp³-hybridized carbons (Fsp3) is 0.263. The predicted octanol–water partition coefficient (Wildman–Crippen LogP) is 2.19. The molecule has 4 rings (SSSR count). The summed E-state index contributed by atoms with van der Waals surface area (Å²) in [5, 5.41) is 21.1. The fourth-order valence-electron chi connectivity index (χ4n) is 3.54. The molecule has 0 radical (unpaired) electrons. The second-order valence-electron chi connectivity index (χ2n) is 6.55. The Hall–Kier alpha value is -3.62. The van der Waals surface area contributed by atoms with Crippen LogP contribution in [0.4, 0.5) is 5.69 Å². The summed E-state index contributed by atoms with van der Waals surface area (Å²) in [5.74, 6) is -2.11. The Morgan fingerprint density at radius 3 is 2.50 bits per heavy atom. The van der Waals surface area contributed by atoms with Gasteiger partial charge in [0.2, 0.25) is 0 Å². The standard InChI is InChI=1S/C19H16N2O7/c22-18(13-7-16-17(28-6-5-27-16)8-15(13)21(25)26)20-9-11-3-1-2-4-12(11)14(10-20)19(23)24/h1-4,7-8,14H,5-6,9-10H2,(H,23,24). The molecule has 28 heavy (non-hydrogen) atoms. The van der Waals surface area contributed by atoms with Gasteiger partial charge in [0.05, 0.1) is 16.9 Å². The van der Waals surface area contributed by atoms with E-state index in [9.17, 15) is 24.8 Å². The lowest BCUT2D eigenvalue weighted by Crippen LogP contribution is -2.40. The summed E-state index contributed by atoms with van der Waals surface area (Å²) in [6, 6.07) is 9.46. The second-order valence-corrected chi connectivity index (χ2v) is 6.55. The molecular formula is C19H16N2O7. The van der Waals surface area contributed by atoms with E-state index in [1.807, 2.05) is 0 Å². The van der Waals surface area contributed by atoms with E-state index in [-0.39, 0.29) is 43.4 Å². The average Bonchev–Trinajstić information content (AvgIpc) is 2.71. The minimum absolute atomic E-state index is 0.0726. The van der Waals surface area contributed by atoms with Crippen LogP contribution in [-0.4, -0.2) is 46.6 Å². The number of nitrogens with zero attached hydrogens (tertiary/aromatic N) is 2. The maximum absolute atomic E-state index is 13.1. The van der Waals surface area contributed by atoms with Gasteiger partial charge in [0, 0.05) is 19.2 Å². The molecule has 0 saturated carbocycles. The lowest BCUT2D eigenvalue weighted by Gasteiger charge is -2.33. The summed E-state index contributed by atoms with van der Waals surface area (Å²) in [6.45, 7) is 0.637. The third kappa shape index (κ3) is 3.00. The number of hydrogen-bond acceptors (Lipinski definition) is 6. The van der Waals surface area contributed by atoms with E-state index in [2.05, 4.69) is 0 Å². The zero-order valence-corrected chi connectivity index (χ0v) is 14.7. The van der Waals surface area contributed by atoms with Crippen LogP contribution in [0.3, 0.4) is 0 Å². The highest BCUT2D eigenvalue weighted by molar-refractivity contribution is 5.99. The molecule has 144 valence electrons. The van der Waals surface area contributed by atoms with Gasteiger partial charge >= 0.3 is 5.97 Å². The largest absolute Gasteiger partial charge is 0.486 e. The van der Waals surface area contributed by atoms with Crippen molar-refractivity contribution in [2.75, 3.05) is 19.8 Å². The highest BCUT2D eigenvalue weighted by Gasteiger charge is 2.35. The molecular weight excluding hydrogens is 368 g/mol. The summed E-state index contributed by atoms with van der Waals surface area (Å²) in [6.07, 6.45) is 0. The molecule has 2 heterocycles. The first-order valence-electron chi connectivity index (χ1n) is 8.63. The molecule has 0 saturated heterocycles. The van der Waals surface area contributed by atoms with Crippen molar-refractivity contribution in [3.8, 4) is 11.5 Å². The van der Waals surface area contributed by atoms with Gasteiger partial charge in [0.1, 0.15) is 18.8 Å². The molecule has 9 heteroatoms. The number of fused-ring (bicyclic) bond motifs is 2. The Bertz CT molecular complexity index is 988. The SMILES string of the molecule is O=C(O)C1CN(C(=O)c2cc3c(cc2[N+](=O)[O-])OCCO3)Cc2ccccc21. The van der Waals surface area contributed by atoms with Crippen LogP contribution < -0.4 is 9.47 Å². The van der Waals surface area contributed by atoms with Gasteiger partial charge < -0.3 is 19.5 Å². The third-order valence-corrected chi connectivity index (χ3v) is 4.87. The van der Waals surface area contributed by atoms with Crippen molar-refractivity contribution in [2.24, 2.45) is 0 Å². The van der Waals surface area contributed by atoms with Gasteiger partial charge in [-0.3, -0.25) is 19.7 Å². The van der Waals surface area contributed by atoms with E-state index in [4.69, 9.17) is 9.47 Å². The van der Waals surface area contributed by atoms with E-state index in [1.165, 1.54) is 17.0 Å². The van der Waals surface area contributed by atoms with Crippen molar-refractivity contribution < 1.29 is 29.1 Å². The van der Waals surface area contributed by atoms with Crippen LogP contribution in [0.1, 0.15) is 27.4 Å². The minimum atomic E-state index is -1.05. The van der Waals surface area contributed by atoms with Crippen molar-refractivity contribution in [3.63, 3.8) is 0 Å². The molecule has 2 aliphatic rings. The Morgan fingerprint density at radius 2 is 1.82 bits per heavy atom. The van der Waals surface area contributed by atoms with Gasteiger partial charge in [-0.2, -0.15) is 0 Å². The third-order valence-electron chi connectivity index (χ3n) is 4.87. The number of aliphatic carboxylic acids is 1. The first kappa shape index (κ1) is 17.8. The van der Waals surface area contributed by atoms with E-state index < -0.39 is 28.4 Å². The lowest BCUT2D eigenvalue weighted by atomic mass is 9.89. The monoisotopic (exact) mass is 384 g/mol. The van der Waals surface area contributed by atoms with Gasteiger partial charge in [-0.25, -0.2) is 0 Å². The van der Waals surface area contributed by atoms with Crippen LogP contribution in [0.25, 0.3) is 0 Å². The van der Waals surface area contributed by atoms with Crippen LogP contribution >= 0.6 is 0 Å². The van der Waals surface area contributed by atoms with Gasteiger partial charge in [0.25, 0.3) is 11.6 Å². The molecule has 1 amide bonds. The van der Waals surface area contributed by atoms with Crippen molar-refractivity contribution in [2.45, 2.75) is 12.5 Å². The first-order chi connectivity index (χ1) is 13.5. The molecule has 2 aromatic carbocycles. The number of nitro benzene ring substituents is 1. The number of hydrogen-bond donors (Lipinski definition) is 1. The second kappa shape index (κ2) is 6.84. The number of carbonyl (C=O) groups is 2. The van der Waals surface area contributed by atoms with E-state index in [0.717, 1.165) is 0 Å². The van der Waals surface area contributed by atoms with Crippen LogP contribution in [0.5, 0.6) is 11.5 Å². The molecule has 0 bridgehead atoms. The molecule has 1 unspecified atom stereocenters. The Balaban J connectivity index is 1.74. The number of ether oxygens (including phenoxy) is 2. The number of carboxylic acid groups (broad SMARTS) is 1. The van der Waals surface area contributed by atoms with Gasteiger partial charge in [0.15, 0.2) is 11.5 Å². The van der Waals surface area contributed by atoms with Crippen LogP contribution in [0.2, 0.25) is 0 Å². The molecule has 0 spiro atoms. The molecule has 0 fully saturated rings. The molecule has 9 nitrogen and oxygen atoms in total. The summed E-state index contributed by atoms with van der Waals surface area (Å²) in [7, 11) is 0. The number of amides is 1. The lowest BCUT2D eigenvalue weighted by molar-refractivity contribution is -0.385. The quantitative estimate of drug-likeness (QED) is 0.636. The molecule has 0 aromatic heterocycles. The summed E-state index contributed by atoms with van der Waals surface area (Å²) >= 11 is 0. The number of carbonyl (C=O) groups excluding carboxylic acids is 1. The van der Waals surface area contributed by atoms with Crippen molar-refractivity contribution in [1.82, 2.24) is 4.90 Å². The van der Waals surface area contributed by atoms with E-state index in [1.54, 1.807) is 24.3 Å². The molecule has 1 atom stereocenters. The van der Waals surface area contributed by atoms with Crippen LogP contribution in [0.15, 0.2) is 36.4 Å². The maximum atomic E-state index is 13.1. The number of carboxylic acids is 1. The topological polar surface area (TPSA) is 119 Å². The van der Waals surface area contributed by atoms with Crippen molar-refractivity contribution >= 4 is 17.6 Å². The van der Waals surface area contributed by atoms with Crippen molar-refractivity contribution in [1.29, 1.82) is 0 Å². The number of nitro groups is 1. The summed E-state index contributed by atoms with van der Waals surface area (Å²) in [4.78, 5) is 37.0. The smallest absolute Gasteiger partial charge is 0.312 e. The van der Waals surface area contributed by atoms with Crippen LogP contribution in [0, 0.1) is 10.1 Å². The molecule has 1 N–H and O–H groups in total. The number of benzene rings is 2. The van der Waals surface area contributed by atoms with Gasteiger partial charge in [-0.15, -0.1) is 0 Å². The van der Waals surface area contributed by atoms with Gasteiger partial charge in [-0.05, 0) is 11.1 Å². The maximum Gasteiger partial charge on any atom is 0.312 e.